The van der Waals surface area contributed by atoms with Gasteiger partial charge in [-0.1, -0.05) is 18.2 Å². The molecule has 1 saturated heterocycles. The average Bonchev–Trinajstić information content (AvgIpc) is 2.98. The number of amides is 2. The summed E-state index contributed by atoms with van der Waals surface area (Å²) in [6.07, 6.45) is 4.20. The second-order valence-corrected chi connectivity index (χ2v) is 6.00. The molecule has 22 heavy (non-hydrogen) atoms. The summed E-state index contributed by atoms with van der Waals surface area (Å²) in [5.41, 5.74) is 1.98. The van der Waals surface area contributed by atoms with E-state index in [0.29, 0.717) is 19.5 Å². The molecule has 5 nitrogen and oxygen atoms in total. The molecular formula is C17H22N2O3. The highest BCUT2D eigenvalue weighted by atomic mass is 16.3. The summed E-state index contributed by atoms with van der Waals surface area (Å²) in [4.78, 5) is 28.5. The van der Waals surface area contributed by atoms with Crippen molar-refractivity contribution in [2.45, 2.75) is 38.1 Å². The summed E-state index contributed by atoms with van der Waals surface area (Å²) in [7, 11) is 0. The van der Waals surface area contributed by atoms with Crippen LogP contribution in [0, 0.1) is 0 Å². The van der Waals surface area contributed by atoms with E-state index in [-0.39, 0.29) is 12.6 Å². The van der Waals surface area contributed by atoms with Gasteiger partial charge >= 0.3 is 11.8 Å². The van der Waals surface area contributed by atoms with Gasteiger partial charge in [0.25, 0.3) is 0 Å². The van der Waals surface area contributed by atoms with Gasteiger partial charge in [-0.25, -0.2) is 0 Å². The van der Waals surface area contributed by atoms with Crippen LogP contribution in [0.15, 0.2) is 24.3 Å². The van der Waals surface area contributed by atoms with E-state index in [1.165, 1.54) is 0 Å². The van der Waals surface area contributed by atoms with E-state index < -0.39 is 11.8 Å². The van der Waals surface area contributed by atoms with Gasteiger partial charge in [0.15, 0.2) is 0 Å². The molecule has 5 heteroatoms. The fraction of sp³-hybridized carbons (Fsp3) is 0.529. The van der Waals surface area contributed by atoms with Crippen molar-refractivity contribution in [3.8, 4) is 0 Å². The maximum absolute atomic E-state index is 12.6. The van der Waals surface area contributed by atoms with Gasteiger partial charge < -0.3 is 14.9 Å². The molecule has 118 valence electrons. The van der Waals surface area contributed by atoms with Crippen LogP contribution >= 0.6 is 0 Å². The summed E-state index contributed by atoms with van der Waals surface area (Å²) in [6, 6.07) is 7.74. The smallest absolute Gasteiger partial charge is 0.316 e. The van der Waals surface area contributed by atoms with Crippen LogP contribution < -0.4 is 4.90 Å². The van der Waals surface area contributed by atoms with Crippen LogP contribution in [0.3, 0.4) is 0 Å². The normalized spacial score (nSPS) is 20.9. The highest BCUT2D eigenvalue weighted by Crippen LogP contribution is 2.28. The lowest BCUT2D eigenvalue weighted by atomic mass is 9.99. The van der Waals surface area contributed by atoms with Crippen molar-refractivity contribution in [3.05, 3.63) is 29.8 Å². The first-order chi connectivity index (χ1) is 10.7. The van der Waals surface area contributed by atoms with E-state index in [1.54, 1.807) is 9.80 Å². The van der Waals surface area contributed by atoms with Crippen LogP contribution in [0.25, 0.3) is 0 Å². The quantitative estimate of drug-likeness (QED) is 0.839. The van der Waals surface area contributed by atoms with Gasteiger partial charge in [-0.2, -0.15) is 0 Å². The van der Waals surface area contributed by atoms with Crippen molar-refractivity contribution >= 4 is 17.5 Å². The lowest BCUT2D eigenvalue weighted by molar-refractivity contribution is -0.147. The van der Waals surface area contributed by atoms with Crippen LogP contribution in [0.5, 0.6) is 0 Å². The van der Waals surface area contributed by atoms with Gasteiger partial charge in [0.2, 0.25) is 0 Å². The topological polar surface area (TPSA) is 60.9 Å². The Morgan fingerprint density at radius 3 is 2.77 bits per heavy atom. The SMILES string of the molecule is O=C(C(=O)N1CCCCC1CCO)N1CCc2ccccc21. The first kappa shape index (κ1) is 15.0. The number of fused-ring (bicyclic) bond motifs is 1. The molecule has 0 radical (unpaired) electrons. The first-order valence-electron chi connectivity index (χ1n) is 8.03. The summed E-state index contributed by atoms with van der Waals surface area (Å²) >= 11 is 0. The Morgan fingerprint density at radius 1 is 1.14 bits per heavy atom. The largest absolute Gasteiger partial charge is 0.396 e. The Labute approximate surface area is 130 Å². The molecule has 2 aliphatic heterocycles. The van der Waals surface area contributed by atoms with Crippen molar-refractivity contribution in [2.75, 3.05) is 24.6 Å². The number of carbonyl (C=O) groups excluding carboxylic acids is 2. The number of likely N-dealkylation sites (tertiary alicyclic amines) is 1. The third-order valence-electron chi connectivity index (χ3n) is 4.67. The van der Waals surface area contributed by atoms with E-state index >= 15 is 0 Å². The molecule has 1 aromatic carbocycles. The fourth-order valence-electron chi connectivity index (χ4n) is 3.50. The first-order valence-corrected chi connectivity index (χ1v) is 8.03. The number of hydrogen-bond acceptors (Lipinski definition) is 3. The summed E-state index contributed by atoms with van der Waals surface area (Å²) < 4.78 is 0. The molecule has 1 aromatic rings. The Hall–Kier alpha value is -1.88. The molecular weight excluding hydrogens is 280 g/mol. The number of anilines is 1. The molecule has 0 spiro atoms. The van der Waals surface area contributed by atoms with Gasteiger partial charge in [-0.15, -0.1) is 0 Å². The van der Waals surface area contributed by atoms with E-state index in [9.17, 15) is 9.59 Å². The molecule has 2 aliphatic rings. The van der Waals surface area contributed by atoms with Crippen LogP contribution in [-0.2, 0) is 16.0 Å². The number of carbonyl (C=O) groups is 2. The van der Waals surface area contributed by atoms with Gasteiger partial charge in [-0.3, -0.25) is 9.59 Å². The molecule has 1 N–H and O–H groups in total. The minimum absolute atomic E-state index is 0.00644. The minimum atomic E-state index is -0.435. The Morgan fingerprint density at radius 2 is 1.95 bits per heavy atom. The Bertz CT molecular complexity index is 571. The number of aliphatic hydroxyl groups excluding tert-OH is 1. The number of piperidine rings is 1. The monoisotopic (exact) mass is 302 g/mol. The highest BCUT2D eigenvalue weighted by Gasteiger charge is 2.35. The number of benzene rings is 1. The van der Waals surface area contributed by atoms with Crippen molar-refractivity contribution in [2.24, 2.45) is 0 Å². The summed E-state index contributed by atoms with van der Waals surface area (Å²) in [6.45, 7) is 1.24. The van der Waals surface area contributed by atoms with Crippen LogP contribution in [0.2, 0.25) is 0 Å². The predicted octanol–water partition coefficient (Wildman–Crippen LogP) is 1.34. The number of para-hydroxylation sites is 1. The lowest BCUT2D eigenvalue weighted by Gasteiger charge is -2.35. The van der Waals surface area contributed by atoms with Crippen LogP contribution in [-0.4, -0.2) is 47.6 Å². The fourth-order valence-corrected chi connectivity index (χ4v) is 3.50. The molecule has 1 unspecified atom stereocenters. The number of rotatable bonds is 2. The molecule has 0 saturated carbocycles. The summed E-state index contributed by atoms with van der Waals surface area (Å²) in [5.74, 6) is -0.857. The lowest BCUT2D eigenvalue weighted by Crippen LogP contribution is -2.51. The molecule has 3 rings (SSSR count). The highest BCUT2D eigenvalue weighted by molar-refractivity contribution is 6.40. The summed E-state index contributed by atoms with van der Waals surface area (Å²) in [5, 5.41) is 9.17. The molecule has 1 atom stereocenters. The van der Waals surface area contributed by atoms with Crippen LogP contribution in [0.1, 0.15) is 31.2 Å². The van der Waals surface area contributed by atoms with Crippen molar-refractivity contribution in [1.29, 1.82) is 0 Å². The zero-order valence-electron chi connectivity index (χ0n) is 12.7. The maximum atomic E-state index is 12.6. The van der Waals surface area contributed by atoms with Gasteiger partial charge in [0, 0.05) is 31.4 Å². The van der Waals surface area contributed by atoms with Crippen molar-refractivity contribution < 1.29 is 14.7 Å². The predicted molar refractivity (Wildman–Crippen MR) is 83.6 cm³/mol. The van der Waals surface area contributed by atoms with Gasteiger partial charge in [0.1, 0.15) is 0 Å². The third kappa shape index (κ3) is 2.73. The second kappa shape index (κ2) is 6.48. The zero-order valence-corrected chi connectivity index (χ0v) is 12.7. The van der Waals surface area contributed by atoms with E-state index in [4.69, 9.17) is 5.11 Å². The molecule has 2 amide bonds. The Balaban J connectivity index is 1.76. The zero-order chi connectivity index (χ0) is 15.5. The third-order valence-corrected chi connectivity index (χ3v) is 4.67. The van der Waals surface area contributed by atoms with Crippen molar-refractivity contribution in [3.63, 3.8) is 0 Å². The van der Waals surface area contributed by atoms with E-state index in [0.717, 1.165) is 36.9 Å². The number of hydrogen-bond donors (Lipinski definition) is 1. The minimum Gasteiger partial charge on any atom is -0.396 e. The molecule has 0 aromatic heterocycles. The molecule has 0 bridgehead atoms. The molecule has 1 fully saturated rings. The maximum Gasteiger partial charge on any atom is 0.316 e. The van der Waals surface area contributed by atoms with E-state index in [2.05, 4.69) is 0 Å². The van der Waals surface area contributed by atoms with Crippen LogP contribution in [0.4, 0.5) is 5.69 Å². The standard InChI is InChI=1S/C17H22N2O3/c20-12-9-14-6-3-4-10-18(14)16(21)17(22)19-11-8-13-5-1-2-7-15(13)19/h1-2,5,7,14,20H,3-4,6,8-12H2. The van der Waals surface area contributed by atoms with Gasteiger partial charge in [0.05, 0.1) is 0 Å². The number of nitrogens with zero attached hydrogens (tertiary/aromatic N) is 2. The molecule has 0 aliphatic carbocycles. The van der Waals surface area contributed by atoms with Crippen molar-refractivity contribution in [1.82, 2.24) is 4.90 Å². The Kier molecular flexibility index (Phi) is 4.43. The molecule has 2 heterocycles. The van der Waals surface area contributed by atoms with Gasteiger partial charge in [-0.05, 0) is 43.7 Å². The van der Waals surface area contributed by atoms with E-state index in [1.807, 2.05) is 24.3 Å². The second-order valence-electron chi connectivity index (χ2n) is 6.00. The average molecular weight is 302 g/mol. The number of aliphatic hydroxyl groups is 1.